The highest BCUT2D eigenvalue weighted by Crippen LogP contribution is 2.27. The molecule has 0 aliphatic rings. The Morgan fingerprint density at radius 2 is 1.55 bits per heavy atom. The molecule has 2 N–H and O–H groups in total. The second-order valence-corrected chi connectivity index (χ2v) is 5.53. The fraction of sp³-hybridized carbons (Fsp3) is 0.333. The molecule has 0 aromatic heterocycles. The van der Waals surface area contributed by atoms with Gasteiger partial charge in [0.25, 0.3) is 0 Å². The number of phenols is 1. The van der Waals surface area contributed by atoms with E-state index in [1.807, 2.05) is 19.1 Å². The van der Waals surface area contributed by atoms with E-state index in [0.717, 1.165) is 11.1 Å². The minimum Gasteiger partial charge on any atom is -0.508 e. The summed E-state index contributed by atoms with van der Waals surface area (Å²) in [6, 6.07) is 14.5. The molecule has 0 heterocycles. The van der Waals surface area contributed by atoms with Crippen molar-refractivity contribution in [1.82, 2.24) is 5.32 Å². The monoisotopic (exact) mass is 269 g/mol. The molecule has 0 radical (unpaired) electrons. The molecule has 0 spiro atoms. The Hall–Kier alpha value is -1.80. The maximum Gasteiger partial charge on any atom is 0.120 e. The van der Waals surface area contributed by atoms with E-state index in [1.165, 1.54) is 11.1 Å². The first-order valence-corrected chi connectivity index (χ1v) is 7.10. The highest BCUT2D eigenvalue weighted by atomic mass is 16.3. The normalized spacial score (nSPS) is 14.0. The molecule has 0 aliphatic carbocycles. The Kier molecular flexibility index (Phi) is 4.46. The molecular weight excluding hydrogens is 246 g/mol. The molecule has 2 aromatic carbocycles. The Morgan fingerprint density at radius 1 is 0.900 bits per heavy atom. The van der Waals surface area contributed by atoms with Crippen LogP contribution in [0, 0.1) is 13.8 Å². The van der Waals surface area contributed by atoms with E-state index in [-0.39, 0.29) is 12.1 Å². The lowest BCUT2D eigenvalue weighted by Gasteiger charge is -2.23. The molecule has 106 valence electrons. The van der Waals surface area contributed by atoms with E-state index in [2.05, 4.69) is 50.4 Å². The highest BCUT2D eigenvalue weighted by molar-refractivity contribution is 5.38. The van der Waals surface area contributed by atoms with Crippen LogP contribution in [0.2, 0.25) is 0 Å². The average Bonchev–Trinajstić information content (AvgIpc) is 2.41. The second kappa shape index (κ2) is 6.10. The van der Waals surface area contributed by atoms with Crippen molar-refractivity contribution in [3.8, 4) is 5.75 Å². The van der Waals surface area contributed by atoms with Crippen LogP contribution >= 0.6 is 0 Å². The van der Waals surface area contributed by atoms with Crippen molar-refractivity contribution >= 4 is 0 Å². The van der Waals surface area contributed by atoms with Gasteiger partial charge in [0.2, 0.25) is 0 Å². The van der Waals surface area contributed by atoms with Crippen molar-refractivity contribution < 1.29 is 5.11 Å². The molecule has 2 heteroatoms. The molecule has 0 amide bonds. The van der Waals surface area contributed by atoms with Gasteiger partial charge in [-0.3, -0.25) is 0 Å². The molecule has 20 heavy (non-hydrogen) atoms. The molecule has 2 rings (SSSR count). The Balaban J connectivity index is 2.17. The van der Waals surface area contributed by atoms with Crippen LogP contribution in [0.25, 0.3) is 0 Å². The van der Waals surface area contributed by atoms with Gasteiger partial charge in [0.05, 0.1) is 0 Å². The van der Waals surface area contributed by atoms with Crippen LogP contribution in [-0.4, -0.2) is 5.11 Å². The quantitative estimate of drug-likeness (QED) is 0.861. The van der Waals surface area contributed by atoms with Gasteiger partial charge in [-0.25, -0.2) is 0 Å². The third kappa shape index (κ3) is 3.20. The zero-order chi connectivity index (χ0) is 14.7. The third-order valence-electron chi connectivity index (χ3n) is 3.80. The molecule has 2 atom stereocenters. The van der Waals surface area contributed by atoms with Gasteiger partial charge in [0.1, 0.15) is 5.75 Å². The number of rotatable bonds is 4. The molecular formula is C18H23NO. The topological polar surface area (TPSA) is 32.3 Å². The summed E-state index contributed by atoms with van der Waals surface area (Å²) in [5.41, 5.74) is 4.69. The summed E-state index contributed by atoms with van der Waals surface area (Å²) in [5, 5.41) is 13.6. The summed E-state index contributed by atoms with van der Waals surface area (Å²) in [4.78, 5) is 0. The Bertz CT molecular complexity index is 592. The van der Waals surface area contributed by atoms with E-state index < -0.39 is 0 Å². The average molecular weight is 269 g/mol. The van der Waals surface area contributed by atoms with Crippen LogP contribution in [0.5, 0.6) is 5.75 Å². The predicted octanol–water partition coefficient (Wildman–Crippen LogP) is 4.42. The fourth-order valence-electron chi connectivity index (χ4n) is 2.65. The van der Waals surface area contributed by atoms with Crippen molar-refractivity contribution in [1.29, 1.82) is 0 Å². The predicted molar refractivity (Wildman–Crippen MR) is 84.0 cm³/mol. The second-order valence-electron chi connectivity index (χ2n) is 5.53. The number of nitrogens with one attached hydrogen (secondary N) is 1. The van der Waals surface area contributed by atoms with Gasteiger partial charge in [-0.2, -0.15) is 0 Å². The third-order valence-corrected chi connectivity index (χ3v) is 3.80. The first kappa shape index (κ1) is 14.6. The molecule has 0 saturated carbocycles. The number of phenolic OH excluding ortho intramolecular Hbond substituents is 1. The van der Waals surface area contributed by atoms with Crippen LogP contribution in [0.3, 0.4) is 0 Å². The van der Waals surface area contributed by atoms with Crippen LogP contribution in [0.15, 0.2) is 42.5 Å². The number of hydrogen-bond acceptors (Lipinski definition) is 2. The van der Waals surface area contributed by atoms with Crippen LogP contribution in [-0.2, 0) is 0 Å². The fourth-order valence-corrected chi connectivity index (χ4v) is 2.65. The maximum atomic E-state index is 10.0. The first-order valence-electron chi connectivity index (χ1n) is 7.10. The Labute approximate surface area is 121 Å². The number of benzene rings is 2. The van der Waals surface area contributed by atoms with Gasteiger partial charge < -0.3 is 10.4 Å². The number of hydrogen-bond donors (Lipinski definition) is 2. The molecule has 0 fully saturated rings. The minimum absolute atomic E-state index is 0.101. The van der Waals surface area contributed by atoms with E-state index in [0.29, 0.717) is 5.75 Å². The van der Waals surface area contributed by atoms with E-state index >= 15 is 0 Å². The van der Waals surface area contributed by atoms with Crippen molar-refractivity contribution in [3.05, 3.63) is 64.7 Å². The SMILES string of the molecule is Cc1ccc(O)c(C(C)N[C@@H](C)c2ccccc2C)c1. The van der Waals surface area contributed by atoms with Gasteiger partial charge in [0, 0.05) is 17.6 Å². The summed E-state index contributed by atoms with van der Waals surface area (Å²) >= 11 is 0. The van der Waals surface area contributed by atoms with Crippen molar-refractivity contribution in [2.24, 2.45) is 0 Å². The maximum absolute atomic E-state index is 10.0. The largest absolute Gasteiger partial charge is 0.508 e. The molecule has 2 aromatic rings. The Morgan fingerprint density at radius 3 is 2.25 bits per heavy atom. The summed E-state index contributed by atoms with van der Waals surface area (Å²) in [6.07, 6.45) is 0. The van der Waals surface area contributed by atoms with Gasteiger partial charge in [0.15, 0.2) is 0 Å². The molecule has 0 aliphatic heterocycles. The molecule has 1 unspecified atom stereocenters. The molecule has 2 nitrogen and oxygen atoms in total. The number of aromatic hydroxyl groups is 1. The van der Waals surface area contributed by atoms with Crippen LogP contribution in [0.1, 0.15) is 48.2 Å². The minimum atomic E-state index is 0.101. The number of aryl methyl sites for hydroxylation is 2. The summed E-state index contributed by atoms with van der Waals surface area (Å²) in [6.45, 7) is 8.41. The zero-order valence-electron chi connectivity index (χ0n) is 12.6. The molecule has 0 saturated heterocycles. The highest BCUT2D eigenvalue weighted by Gasteiger charge is 2.15. The molecule has 0 bridgehead atoms. The van der Waals surface area contributed by atoms with E-state index in [1.54, 1.807) is 6.07 Å². The lowest BCUT2D eigenvalue weighted by atomic mass is 9.99. The standard InChI is InChI=1S/C18H23NO/c1-12-9-10-18(20)17(11-12)15(4)19-14(3)16-8-6-5-7-13(16)2/h5-11,14-15,19-20H,1-4H3/t14-,15?/m0/s1. The summed E-state index contributed by atoms with van der Waals surface area (Å²) in [7, 11) is 0. The van der Waals surface area contributed by atoms with Crippen LogP contribution in [0.4, 0.5) is 0 Å². The lowest BCUT2D eigenvalue weighted by molar-refractivity contribution is 0.438. The zero-order valence-corrected chi connectivity index (χ0v) is 12.6. The van der Waals surface area contributed by atoms with Crippen molar-refractivity contribution in [3.63, 3.8) is 0 Å². The van der Waals surface area contributed by atoms with Crippen LogP contribution < -0.4 is 5.32 Å². The van der Waals surface area contributed by atoms with Gasteiger partial charge in [-0.15, -0.1) is 0 Å². The van der Waals surface area contributed by atoms with Gasteiger partial charge in [-0.05, 0) is 44.9 Å². The van der Waals surface area contributed by atoms with Gasteiger partial charge in [-0.1, -0.05) is 42.0 Å². The first-order chi connectivity index (χ1) is 9.49. The summed E-state index contributed by atoms with van der Waals surface area (Å²) in [5.74, 6) is 0.354. The van der Waals surface area contributed by atoms with Gasteiger partial charge >= 0.3 is 0 Å². The van der Waals surface area contributed by atoms with E-state index in [9.17, 15) is 5.11 Å². The van der Waals surface area contributed by atoms with E-state index in [4.69, 9.17) is 0 Å². The van der Waals surface area contributed by atoms with Crippen molar-refractivity contribution in [2.45, 2.75) is 39.8 Å². The lowest BCUT2D eigenvalue weighted by Crippen LogP contribution is -2.23. The van der Waals surface area contributed by atoms with Crippen molar-refractivity contribution in [2.75, 3.05) is 0 Å². The summed E-state index contributed by atoms with van der Waals surface area (Å²) < 4.78 is 0. The smallest absolute Gasteiger partial charge is 0.120 e.